The first-order chi connectivity index (χ1) is 10.9. The molecular weight excluding hydrogens is 407 g/mol. The van der Waals surface area contributed by atoms with Gasteiger partial charge in [0, 0.05) is 15.2 Å². The molecule has 0 heterocycles. The molecular formula is C15H11BrCl2N2O3. The molecule has 0 saturated heterocycles. The minimum absolute atomic E-state index is 0.178. The van der Waals surface area contributed by atoms with Crippen molar-refractivity contribution in [1.82, 2.24) is 0 Å². The van der Waals surface area contributed by atoms with Gasteiger partial charge >= 0.3 is 5.97 Å². The lowest BCUT2D eigenvalue weighted by molar-refractivity contribution is -0.119. The number of carbonyl (C=O) groups excluding carboxylic acids is 2. The van der Waals surface area contributed by atoms with E-state index in [9.17, 15) is 9.59 Å². The van der Waals surface area contributed by atoms with Crippen molar-refractivity contribution in [2.24, 2.45) is 0 Å². The Bertz CT molecular complexity index is 768. The molecule has 120 valence electrons. The Labute approximate surface area is 150 Å². The van der Waals surface area contributed by atoms with Gasteiger partial charge in [-0.05, 0) is 36.4 Å². The monoisotopic (exact) mass is 416 g/mol. The summed E-state index contributed by atoms with van der Waals surface area (Å²) in [6.45, 7) is -0.469. The number of carbonyl (C=O) groups is 2. The molecule has 2 aromatic carbocycles. The van der Waals surface area contributed by atoms with Gasteiger partial charge in [0.05, 0.1) is 16.3 Å². The largest absolute Gasteiger partial charge is 0.452 e. The van der Waals surface area contributed by atoms with Crippen LogP contribution in [0.25, 0.3) is 0 Å². The zero-order valence-corrected chi connectivity index (χ0v) is 14.7. The predicted octanol–water partition coefficient (Wildman–Crippen LogP) is 4.13. The van der Waals surface area contributed by atoms with E-state index in [1.165, 1.54) is 12.1 Å². The molecule has 0 atom stereocenters. The SMILES string of the molecule is Nc1ccc(Br)cc1C(=O)OCC(=O)Nc1ccc(Cl)cc1Cl. The van der Waals surface area contributed by atoms with E-state index in [0.717, 1.165) is 0 Å². The van der Waals surface area contributed by atoms with Crippen LogP contribution in [0.2, 0.25) is 10.0 Å². The van der Waals surface area contributed by atoms with E-state index in [-0.39, 0.29) is 16.3 Å². The molecule has 3 N–H and O–H groups in total. The van der Waals surface area contributed by atoms with Crippen molar-refractivity contribution in [2.45, 2.75) is 0 Å². The third-order valence-electron chi connectivity index (χ3n) is 2.77. The Balaban J connectivity index is 1.96. The third-order valence-corrected chi connectivity index (χ3v) is 3.82. The quantitative estimate of drug-likeness (QED) is 0.578. The Morgan fingerprint density at radius 3 is 2.61 bits per heavy atom. The van der Waals surface area contributed by atoms with Gasteiger partial charge in [-0.15, -0.1) is 0 Å². The highest BCUT2D eigenvalue weighted by molar-refractivity contribution is 9.10. The lowest BCUT2D eigenvalue weighted by atomic mass is 10.2. The summed E-state index contributed by atoms with van der Waals surface area (Å²) in [6.07, 6.45) is 0. The summed E-state index contributed by atoms with van der Waals surface area (Å²) in [5.74, 6) is -1.22. The number of benzene rings is 2. The first-order valence-electron chi connectivity index (χ1n) is 6.34. The summed E-state index contributed by atoms with van der Waals surface area (Å²) in [6, 6.07) is 9.40. The molecule has 1 amide bonds. The van der Waals surface area contributed by atoms with E-state index < -0.39 is 18.5 Å². The van der Waals surface area contributed by atoms with E-state index in [2.05, 4.69) is 21.2 Å². The molecule has 0 fully saturated rings. The maximum absolute atomic E-state index is 11.9. The summed E-state index contributed by atoms with van der Waals surface area (Å²) in [5.41, 5.74) is 6.52. The number of hydrogen-bond acceptors (Lipinski definition) is 4. The molecule has 2 rings (SSSR count). The van der Waals surface area contributed by atoms with Gasteiger partial charge in [0.2, 0.25) is 0 Å². The van der Waals surface area contributed by atoms with Gasteiger partial charge in [0.15, 0.2) is 6.61 Å². The summed E-state index contributed by atoms with van der Waals surface area (Å²) < 4.78 is 5.62. The highest BCUT2D eigenvalue weighted by Crippen LogP contribution is 2.25. The van der Waals surface area contributed by atoms with Crippen LogP contribution >= 0.6 is 39.1 Å². The summed E-state index contributed by atoms with van der Waals surface area (Å²) in [7, 11) is 0. The second-order valence-electron chi connectivity index (χ2n) is 4.48. The molecule has 0 spiro atoms. The van der Waals surface area contributed by atoms with Crippen LogP contribution < -0.4 is 11.1 Å². The fourth-order valence-electron chi connectivity index (χ4n) is 1.69. The zero-order valence-electron chi connectivity index (χ0n) is 11.6. The van der Waals surface area contributed by atoms with Crippen molar-refractivity contribution in [3.63, 3.8) is 0 Å². The van der Waals surface area contributed by atoms with E-state index in [1.54, 1.807) is 24.3 Å². The number of hydrogen-bond donors (Lipinski definition) is 2. The molecule has 2 aromatic rings. The van der Waals surface area contributed by atoms with Gasteiger partial charge in [0.25, 0.3) is 5.91 Å². The predicted molar refractivity (Wildman–Crippen MR) is 93.9 cm³/mol. The molecule has 0 saturated carbocycles. The molecule has 23 heavy (non-hydrogen) atoms. The minimum atomic E-state index is -0.693. The van der Waals surface area contributed by atoms with E-state index in [4.69, 9.17) is 33.7 Å². The van der Waals surface area contributed by atoms with Crippen LogP contribution in [0.4, 0.5) is 11.4 Å². The molecule has 0 radical (unpaired) electrons. The number of rotatable bonds is 4. The van der Waals surface area contributed by atoms with Gasteiger partial charge in [-0.1, -0.05) is 39.1 Å². The van der Waals surface area contributed by atoms with Crippen LogP contribution in [-0.2, 0) is 9.53 Å². The molecule has 0 bridgehead atoms. The van der Waals surface area contributed by atoms with Crippen LogP contribution in [0.5, 0.6) is 0 Å². The first kappa shape index (κ1) is 17.6. The Morgan fingerprint density at radius 1 is 1.17 bits per heavy atom. The number of nitrogen functional groups attached to an aromatic ring is 1. The van der Waals surface area contributed by atoms with Crippen molar-refractivity contribution >= 4 is 62.4 Å². The van der Waals surface area contributed by atoms with Crippen molar-refractivity contribution in [3.8, 4) is 0 Å². The van der Waals surface area contributed by atoms with Crippen LogP contribution in [-0.4, -0.2) is 18.5 Å². The van der Waals surface area contributed by atoms with Crippen molar-refractivity contribution < 1.29 is 14.3 Å². The Morgan fingerprint density at radius 2 is 1.91 bits per heavy atom. The van der Waals surface area contributed by atoms with Gasteiger partial charge in [0.1, 0.15) is 0 Å². The lowest BCUT2D eigenvalue weighted by Crippen LogP contribution is -2.21. The molecule has 8 heteroatoms. The number of anilines is 2. The summed E-state index contributed by atoms with van der Waals surface area (Å²) >= 11 is 14.9. The molecule has 0 aliphatic heterocycles. The van der Waals surface area contributed by atoms with E-state index in [0.29, 0.717) is 15.2 Å². The highest BCUT2D eigenvalue weighted by atomic mass is 79.9. The number of nitrogens with one attached hydrogen (secondary N) is 1. The number of nitrogens with two attached hydrogens (primary N) is 1. The van der Waals surface area contributed by atoms with Crippen LogP contribution in [0.1, 0.15) is 10.4 Å². The average molecular weight is 418 g/mol. The molecule has 0 aromatic heterocycles. The lowest BCUT2D eigenvalue weighted by Gasteiger charge is -2.09. The fourth-order valence-corrected chi connectivity index (χ4v) is 2.51. The standard InChI is InChI=1S/C15H11BrCl2N2O3/c16-8-1-3-12(19)10(5-8)15(22)23-7-14(21)20-13-4-2-9(17)6-11(13)18/h1-6H,7,19H2,(H,20,21). The summed E-state index contributed by atoms with van der Waals surface area (Å²) in [5, 5.41) is 3.26. The van der Waals surface area contributed by atoms with Crippen LogP contribution in [0.15, 0.2) is 40.9 Å². The van der Waals surface area contributed by atoms with Crippen molar-refractivity contribution in [3.05, 3.63) is 56.5 Å². The maximum Gasteiger partial charge on any atom is 0.340 e. The Hall–Kier alpha value is -1.76. The number of esters is 1. The van der Waals surface area contributed by atoms with Crippen LogP contribution in [0, 0.1) is 0 Å². The van der Waals surface area contributed by atoms with Gasteiger partial charge < -0.3 is 15.8 Å². The molecule has 0 aliphatic rings. The fraction of sp³-hybridized carbons (Fsp3) is 0.0667. The number of amides is 1. The third kappa shape index (κ3) is 4.86. The van der Waals surface area contributed by atoms with Crippen LogP contribution in [0.3, 0.4) is 0 Å². The smallest absolute Gasteiger partial charge is 0.340 e. The number of ether oxygens (including phenoxy) is 1. The van der Waals surface area contributed by atoms with E-state index in [1.807, 2.05) is 0 Å². The minimum Gasteiger partial charge on any atom is -0.452 e. The Kier molecular flexibility index (Phi) is 5.87. The number of halogens is 3. The average Bonchev–Trinajstić information content (AvgIpc) is 2.50. The van der Waals surface area contributed by atoms with Crippen molar-refractivity contribution in [1.29, 1.82) is 0 Å². The van der Waals surface area contributed by atoms with Gasteiger partial charge in [-0.2, -0.15) is 0 Å². The second-order valence-corrected chi connectivity index (χ2v) is 6.24. The highest BCUT2D eigenvalue weighted by Gasteiger charge is 2.14. The first-order valence-corrected chi connectivity index (χ1v) is 7.89. The summed E-state index contributed by atoms with van der Waals surface area (Å²) in [4.78, 5) is 23.8. The molecule has 5 nitrogen and oxygen atoms in total. The van der Waals surface area contributed by atoms with E-state index >= 15 is 0 Å². The molecule has 0 unspecified atom stereocenters. The maximum atomic E-state index is 11.9. The topological polar surface area (TPSA) is 81.4 Å². The van der Waals surface area contributed by atoms with Crippen molar-refractivity contribution in [2.75, 3.05) is 17.7 Å². The van der Waals surface area contributed by atoms with Gasteiger partial charge in [-0.3, -0.25) is 4.79 Å². The normalized spacial score (nSPS) is 10.2. The zero-order chi connectivity index (χ0) is 17.0. The van der Waals surface area contributed by atoms with Gasteiger partial charge in [-0.25, -0.2) is 4.79 Å². The molecule has 0 aliphatic carbocycles. The second kappa shape index (κ2) is 7.68.